The second-order valence-corrected chi connectivity index (χ2v) is 7.22. The van der Waals surface area contributed by atoms with Crippen LogP contribution >= 0.6 is 15.9 Å². The normalized spacial score (nSPS) is 17.1. The third kappa shape index (κ3) is 4.32. The number of unbranched alkanes of at least 4 members (excludes halogenated alkanes) is 3. The Morgan fingerprint density at radius 3 is 2.74 bits per heavy atom. The van der Waals surface area contributed by atoms with Crippen molar-refractivity contribution in [2.45, 2.75) is 44.4 Å². The lowest BCUT2D eigenvalue weighted by atomic mass is 9.91. The van der Waals surface area contributed by atoms with Crippen molar-refractivity contribution in [1.29, 1.82) is 0 Å². The molecule has 2 heterocycles. The molecule has 1 aliphatic rings. The molecule has 0 spiro atoms. The second-order valence-electron chi connectivity index (χ2n) is 6.43. The zero-order chi connectivity index (χ0) is 16.1. The van der Waals surface area contributed by atoms with Gasteiger partial charge in [0.05, 0.1) is 5.69 Å². The number of halogens is 2. The summed E-state index contributed by atoms with van der Waals surface area (Å²) in [6.45, 7) is 3.46. The van der Waals surface area contributed by atoms with Gasteiger partial charge in [-0.05, 0) is 57.5 Å². The van der Waals surface area contributed by atoms with Crippen LogP contribution in [0.4, 0.5) is 4.39 Å². The van der Waals surface area contributed by atoms with Crippen LogP contribution in [0.25, 0.3) is 11.0 Å². The predicted molar refractivity (Wildman–Crippen MR) is 94.6 cm³/mol. The van der Waals surface area contributed by atoms with E-state index in [0.29, 0.717) is 11.5 Å². The third-order valence-corrected chi connectivity index (χ3v) is 5.35. The first-order valence-corrected chi connectivity index (χ1v) is 9.73. The molecule has 0 bridgehead atoms. The van der Waals surface area contributed by atoms with Gasteiger partial charge < -0.3 is 9.42 Å². The smallest absolute Gasteiger partial charge is 0.170 e. The number of nitrogens with zero attached hydrogens (tertiary/aromatic N) is 2. The Morgan fingerprint density at radius 1 is 1.17 bits per heavy atom. The van der Waals surface area contributed by atoms with Crippen molar-refractivity contribution >= 4 is 26.9 Å². The molecule has 0 radical (unpaired) electrons. The monoisotopic (exact) mass is 382 g/mol. The number of piperidine rings is 1. The van der Waals surface area contributed by atoms with Gasteiger partial charge in [-0.15, -0.1) is 0 Å². The van der Waals surface area contributed by atoms with Gasteiger partial charge in [0.25, 0.3) is 0 Å². The molecule has 5 heteroatoms. The molecule has 0 unspecified atom stereocenters. The minimum absolute atomic E-state index is 0.269. The van der Waals surface area contributed by atoms with Crippen molar-refractivity contribution < 1.29 is 8.91 Å². The summed E-state index contributed by atoms with van der Waals surface area (Å²) < 4.78 is 18.5. The van der Waals surface area contributed by atoms with Crippen molar-refractivity contribution in [3.63, 3.8) is 0 Å². The van der Waals surface area contributed by atoms with Gasteiger partial charge >= 0.3 is 0 Å². The van der Waals surface area contributed by atoms with E-state index in [9.17, 15) is 4.39 Å². The standard InChI is InChI=1S/C18H24BrFN2O/c19-9-3-1-2-4-10-22-11-7-14(8-12-22)18-16-6-5-15(20)13-17(16)23-21-18/h5-6,13-14H,1-4,7-12H2. The lowest BCUT2D eigenvalue weighted by Gasteiger charge is -2.31. The highest BCUT2D eigenvalue weighted by Gasteiger charge is 2.24. The van der Waals surface area contributed by atoms with Gasteiger partial charge in [0, 0.05) is 22.7 Å². The molecule has 126 valence electrons. The van der Waals surface area contributed by atoms with Crippen LogP contribution in [-0.2, 0) is 0 Å². The van der Waals surface area contributed by atoms with Crippen LogP contribution in [0.5, 0.6) is 0 Å². The average molecular weight is 383 g/mol. The quantitative estimate of drug-likeness (QED) is 0.492. The van der Waals surface area contributed by atoms with Gasteiger partial charge in [0.1, 0.15) is 5.82 Å². The first kappa shape index (κ1) is 16.9. The third-order valence-electron chi connectivity index (χ3n) is 4.79. The number of benzene rings is 1. The fourth-order valence-corrected chi connectivity index (χ4v) is 3.84. The summed E-state index contributed by atoms with van der Waals surface area (Å²) in [6.07, 6.45) is 7.45. The van der Waals surface area contributed by atoms with E-state index < -0.39 is 0 Å². The zero-order valence-electron chi connectivity index (χ0n) is 13.4. The van der Waals surface area contributed by atoms with Crippen LogP contribution in [0.3, 0.4) is 0 Å². The number of hydrogen-bond acceptors (Lipinski definition) is 3. The minimum Gasteiger partial charge on any atom is -0.356 e. The summed E-state index contributed by atoms with van der Waals surface area (Å²) in [5.74, 6) is 0.168. The van der Waals surface area contributed by atoms with E-state index in [-0.39, 0.29) is 5.82 Å². The topological polar surface area (TPSA) is 29.3 Å². The number of aromatic nitrogens is 1. The molecule has 1 aromatic heterocycles. The van der Waals surface area contributed by atoms with E-state index in [2.05, 4.69) is 26.0 Å². The van der Waals surface area contributed by atoms with Gasteiger partial charge in [-0.2, -0.15) is 0 Å². The molecular weight excluding hydrogens is 359 g/mol. The van der Waals surface area contributed by atoms with Gasteiger partial charge in [-0.1, -0.05) is 33.9 Å². The Bertz CT molecular complexity index is 623. The van der Waals surface area contributed by atoms with Crippen LogP contribution in [0.15, 0.2) is 22.7 Å². The van der Waals surface area contributed by atoms with E-state index in [4.69, 9.17) is 4.52 Å². The largest absolute Gasteiger partial charge is 0.356 e. The maximum absolute atomic E-state index is 13.2. The van der Waals surface area contributed by atoms with Crippen molar-refractivity contribution in [2.24, 2.45) is 0 Å². The average Bonchev–Trinajstić information content (AvgIpc) is 2.98. The molecule has 3 nitrogen and oxygen atoms in total. The molecule has 0 atom stereocenters. The van der Waals surface area contributed by atoms with Crippen molar-refractivity contribution in [3.8, 4) is 0 Å². The minimum atomic E-state index is -0.269. The Labute approximate surface area is 145 Å². The lowest BCUT2D eigenvalue weighted by Crippen LogP contribution is -2.33. The summed E-state index contributed by atoms with van der Waals surface area (Å²) in [5.41, 5.74) is 1.58. The summed E-state index contributed by atoms with van der Waals surface area (Å²) >= 11 is 3.48. The van der Waals surface area contributed by atoms with Crippen LogP contribution < -0.4 is 0 Å². The van der Waals surface area contributed by atoms with Gasteiger partial charge in [0.2, 0.25) is 0 Å². The Kier molecular flexibility index (Phi) is 6.06. The van der Waals surface area contributed by atoms with Crippen LogP contribution in [0, 0.1) is 5.82 Å². The summed E-state index contributed by atoms with van der Waals surface area (Å²) in [6, 6.07) is 4.71. The van der Waals surface area contributed by atoms with E-state index in [1.165, 1.54) is 44.4 Å². The summed E-state index contributed by atoms with van der Waals surface area (Å²) in [4.78, 5) is 2.56. The number of fused-ring (bicyclic) bond motifs is 1. The van der Waals surface area contributed by atoms with Crippen molar-refractivity contribution in [1.82, 2.24) is 10.1 Å². The van der Waals surface area contributed by atoms with Gasteiger partial charge in [0.15, 0.2) is 5.58 Å². The van der Waals surface area contributed by atoms with Crippen molar-refractivity contribution in [3.05, 3.63) is 29.7 Å². The number of likely N-dealkylation sites (tertiary alicyclic amines) is 1. The number of alkyl halides is 1. The second kappa shape index (κ2) is 8.25. The molecule has 0 amide bonds. The molecular formula is C18H24BrFN2O. The number of hydrogen-bond donors (Lipinski definition) is 0. The SMILES string of the molecule is Fc1ccc2c(C3CCN(CCCCCCBr)CC3)noc2c1. The molecule has 3 rings (SSSR count). The predicted octanol–water partition coefficient (Wildman–Crippen LogP) is 5.10. The Balaban J connectivity index is 1.50. The van der Waals surface area contributed by atoms with Crippen LogP contribution in [-0.4, -0.2) is 35.0 Å². The van der Waals surface area contributed by atoms with Gasteiger partial charge in [-0.25, -0.2) is 4.39 Å². The van der Waals surface area contributed by atoms with E-state index in [1.54, 1.807) is 6.07 Å². The maximum atomic E-state index is 13.2. The van der Waals surface area contributed by atoms with Crippen LogP contribution in [0.2, 0.25) is 0 Å². The van der Waals surface area contributed by atoms with Crippen LogP contribution in [0.1, 0.15) is 50.1 Å². The molecule has 1 aromatic carbocycles. The highest BCUT2D eigenvalue weighted by Crippen LogP contribution is 2.32. The molecule has 1 fully saturated rings. The number of rotatable bonds is 7. The molecule has 0 N–H and O–H groups in total. The molecule has 23 heavy (non-hydrogen) atoms. The summed E-state index contributed by atoms with van der Waals surface area (Å²) in [7, 11) is 0. The molecule has 1 aliphatic heterocycles. The first-order chi connectivity index (χ1) is 11.3. The van der Waals surface area contributed by atoms with E-state index in [0.717, 1.165) is 42.3 Å². The maximum Gasteiger partial charge on any atom is 0.170 e. The first-order valence-electron chi connectivity index (χ1n) is 8.61. The van der Waals surface area contributed by atoms with E-state index >= 15 is 0 Å². The lowest BCUT2D eigenvalue weighted by molar-refractivity contribution is 0.205. The Hall–Kier alpha value is -0.940. The highest BCUT2D eigenvalue weighted by atomic mass is 79.9. The molecule has 0 aliphatic carbocycles. The zero-order valence-corrected chi connectivity index (χ0v) is 15.0. The fourth-order valence-electron chi connectivity index (χ4n) is 3.44. The van der Waals surface area contributed by atoms with E-state index in [1.807, 2.05) is 0 Å². The fraction of sp³-hybridized carbons (Fsp3) is 0.611. The Morgan fingerprint density at radius 2 is 1.96 bits per heavy atom. The summed E-state index contributed by atoms with van der Waals surface area (Å²) in [5, 5.41) is 6.31. The molecule has 2 aromatic rings. The molecule has 0 saturated carbocycles. The van der Waals surface area contributed by atoms with Gasteiger partial charge in [-0.3, -0.25) is 0 Å². The molecule has 1 saturated heterocycles. The van der Waals surface area contributed by atoms with Crippen molar-refractivity contribution in [2.75, 3.05) is 25.0 Å². The highest BCUT2D eigenvalue weighted by molar-refractivity contribution is 9.09.